The minimum Gasteiger partial charge on any atom is -0.399 e. The predicted octanol–water partition coefficient (Wildman–Crippen LogP) is 3.04. The fraction of sp³-hybridized carbons (Fsp3) is 0.785. The van der Waals surface area contributed by atoms with Crippen molar-refractivity contribution in [2.24, 2.45) is 40.7 Å². The Morgan fingerprint density at radius 2 is 1.03 bits per heavy atom. The van der Waals surface area contributed by atoms with Crippen molar-refractivity contribution in [2.75, 3.05) is 69.6 Å². The van der Waals surface area contributed by atoms with Crippen molar-refractivity contribution >= 4 is 71.2 Å². The van der Waals surface area contributed by atoms with Crippen LogP contribution in [0.4, 0.5) is 0 Å². The van der Waals surface area contributed by atoms with Crippen LogP contribution in [0.1, 0.15) is 156 Å². The van der Waals surface area contributed by atoms with E-state index in [1.54, 1.807) is 73.8 Å². The zero-order valence-electron chi connectivity index (χ0n) is 59.3. The minimum atomic E-state index is -1.64. The number of ether oxygens (including phenoxy) is 1. The zero-order chi connectivity index (χ0) is 70.2. The molecule has 1 fully saturated rings. The van der Waals surface area contributed by atoms with Gasteiger partial charge in [-0.25, -0.2) is 0 Å². The van der Waals surface area contributed by atoms with Crippen LogP contribution in [0.15, 0.2) is 17.3 Å². The van der Waals surface area contributed by atoms with Crippen LogP contribution in [0.3, 0.4) is 0 Å². The molecule has 91 heavy (non-hydrogen) atoms. The van der Waals surface area contributed by atoms with Gasteiger partial charge >= 0.3 is 0 Å². The summed E-state index contributed by atoms with van der Waals surface area (Å²) in [6, 6.07) is -12.9. The molecule has 0 aromatic heterocycles. The van der Waals surface area contributed by atoms with Gasteiger partial charge in [-0.15, -0.1) is 0 Å². The smallest absolute Gasteiger partial charge is 0.246 e. The van der Waals surface area contributed by atoms with Crippen LogP contribution < -0.4 is 21.3 Å². The lowest BCUT2D eigenvalue weighted by Gasteiger charge is -2.41. The molecule has 26 nitrogen and oxygen atoms in total. The number of hydrogen-bond donors (Lipinski definition) is 5. The Labute approximate surface area is 543 Å². The van der Waals surface area contributed by atoms with Gasteiger partial charge in [0.25, 0.3) is 0 Å². The lowest BCUT2D eigenvalue weighted by Crippen LogP contribution is -2.63. The maximum Gasteiger partial charge on any atom is 0.246 e. The summed E-state index contributed by atoms with van der Waals surface area (Å²) in [6.07, 6.45) is 4.15. The number of amides is 11. The number of nitrogens with one attached hydrogen (secondary N) is 4. The first kappa shape index (κ1) is 82.3. The van der Waals surface area contributed by atoms with E-state index in [2.05, 4.69) is 26.4 Å². The quantitative estimate of drug-likeness (QED) is 0.0507. The van der Waals surface area contributed by atoms with E-state index >= 15 is 9.59 Å². The Balaban J connectivity index is 4.39. The molecule has 5 N–H and O–H groups in total. The van der Waals surface area contributed by atoms with Crippen LogP contribution in [-0.4, -0.2) is 253 Å². The first-order valence-corrected chi connectivity index (χ1v) is 32.3. The van der Waals surface area contributed by atoms with E-state index in [1.807, 2.05) is 41.5 Å². The van der Waals surface area contributed by atoms with Gasteiger partial charge < -0.3 is 70.2 Å². The summed E-state index contributed by atoms with van der Waals surface area (Å²) in [5.41, 5.74) is 0. The average Bonchev–Trinajstić information content (AvgIpc) is 0.949. The second-order valence-electron chi connectivity index (χ2n) is 26.6. The lowest BCUT2D eigenvalue weighted by atomic mass is 9.91. The van der Waals surface area contributed by atoms with E-state index < -0.39 is 162 Å². The fourth-order valence-corrected chi connectivity index (χ4v) is 11.1. The van der Waals surface area contributed by atoms with Crippen molar-refractivity contribution in [3.05, 3.63) is 12.2 Å². The zero-order valence-corrected chi connectivity index (χ0v) is 59.3. The average molecular weight is 1290 g/mol. The van der Waals surface area contributed by atoms with Crippen LogP contribution in [-0.2, 0) is 62.3 Å². The third-order valence-electron chi connectivity index (χ3n) is 16.8. The van der Waals surface area contributed by atoms with Gasteiger partial charge in [0, 0.05) is 62.2 Å². The highest BCUT2D eigenvalue weighted by molar-refractivity contribution is 5.99. The summed E-state index contributed by atoms with van der Waals surface area (Å²) in [4.78, 5) is 175. The lowest BCUT2D eigenvalue weighted by molar-refractivity contribution is -0.157. The van der Waals surface area contributed by atoms with Gasteiger partial charge in [-0.3, -0.25) is 52.7 Å². The molecule has 1 heterocycles. The van der Waals surface area contributed by atoms with Crippen LogP contribution >= 0.6 is 0 Å². The molecule has 11 amide bonds. The molecule has 0 aromatic rings. The number of rotatable bonds is 20. The van der Waals surface area contributed by atoms with Gasteiger partial charge in [0.1, 0.15) is 67.5 Å². The van der Waals surface area contributed by atoms with Crippen LogP contribution in [0.25, 0.3) is 0 Å². The molecule has 1 saturated heterocycles. The number of hydrogen-bond acceptors (Lipinski definition) is 15. The van der Waals surface area contributed by atoms with Crippen molar-refractivity contribution < 1.29 is 67.4 Å². The second kappa shape index (κ2) is 39.0. The fourth-order valence-electron chi connectivity index (χ4n) is 11.1. The number of carbonyl (C=O) groups excluding carboxylic acids is 11. The maximum atomic E-state index is 15.2. The number of unbranched alkanes of at least 4 members (excludes halogenated alkanes) is 1. The second-order valence-corrected chi connectivity index (χ2v) is 26.6. The maximum absolute atomic E-state index is 15.2. The third-order valence-corrected chi connectivity index (χ3v) is 16.8. The van der Waals surface area contributed by atoms with Gasteiger partial charge in [-0.05, 0) is 108 Å². The van der Waals surface area contributed by atoms with Gasteiger partial charge in [0.15, 0.2) is 0 Å². The van der Waals surface area contributed by atoms with Crippen molar-refractivity contribution in [1.82, 2.24) is 55.6 Å². The Morgan fingerprint density at radius 1 is 0.549 bits per heavy atom. The summed E-state index contributed by atoms with van der Waals surface area (Å²) in [6.45, 7) is 27.0. The number of allylic oxidation sites excluding steroid dienone is 2. The summed E-state index contributed by atoms with van der Waals surface area (Å²) in [5, 5.41) is 26.8. The summed E-state index contributed by atoms with van der Waals surface area (Å²) in [7, 11) is 11.2. The van der Waals surface area contributed by atoms with Gasteiger partial charge in [0.2, 0.25) is 65.0 Å². The molecule has 0 unspecified atom stereocenters. The van der Waals surface area contributed by atoms with Gasteiger partial charge in [0.05, 0.1) is 18.8 Å². The molecule has 1 rings (SSSR count). The number of aliphatic hydroxyl groups excluding tert-OH is 1. The number of aliphatic hydroxyl groups is 1. The van der Waals surface area contributed by atoms with E-state index in [0.29, 0.717) is 19.3 Å². The molecule has 26 heteroatoms. The molecule has 0 aromatic carbocycles. The molecule has 520 valence electrons. The third kappa shape index (κ3) is 24.1. The van der Waals surface area contributed by atoms with Crippen molar-refractivity contribution in [3.8, 4) is 0 Å². The van der Waals surface area contributed by atoms with Crippen molar-refractivity contribution in [1.29, 1.82) is 0 Å². The molecular formula is C65H116N12O14. The van der Waals surface area contributed by atoms with E-state index in [9.17, 15) is 48.3 Å². The molecule has 0 radical (unpaired) electrons. The first-order chi connectivity index (χ1) is 42.3. The molecule has 0 saturated carbocycles. The highest BCUT2D eigenvalue weighted by Gasteiger charge is 2.46. The predicted molar refractivity (Wildman–Crippen MR) is 349 cm³/mol. The Hall–Kier alpha value is -6.70. The monoisotopic (exact) mass is 1290 g/mol. The topological polar surface area (TPSA) is 310 Å². The largest absolute Gasteiger partial charge is 0.399 e. The first-order valence-electron chi connectivity index (χ1n) is 32.3. The number of oxime groups is 1. The van der Waals surface area contributed by atoms with E-state index in [0.717, 1.165) is 14.7 Å². The van der Waals surface area contributed by atoms with E-state index in [1.165, 1.54) is 89.9 Å². The number of likely N-dealkylation sites (N-methyl/N-ethyl adjacent to an activating group) is 7. The minimum absolute atomic E-state index is 0.0122. The highest BCUT2D eigenvalue weighted by Crippen LogP contribution is 2.26. The number of carbonyl (C=O) groups is 11. The van der Waals surface area contributed by atoms with Crippen LogP contribution in [0, 0.1) is 35.5 Å². The van der Waals surface area contributed by atoms with Crippen LogP contribution in [0.2, 0.25) is 0 Å². The molecule has 1 aliphatic heterocycles. The van der Waals surface area contributed by atoms with Crippen LogP contribution in [0.5, 0.6) is 0 Å². The highest BCUT2D eigenvalue weighted by atomic mass is 16.6. The molecule has 0 aliphatic carbocycles. The van der Waals surface area contributed by atoms with E-state index in [-0.39, 0.29) is 50.0 Å². The molecule has 13 atom stereocenters. The van der Waals surface area contributed by atoms with Crippen molar-refractivity contribution in [3.63, 3.8) is 0 Å². The van der Waals surface area contributed by atoms with Crippen molar-refractivity contribution in [2.45, 2.75) is 228 Å². The van der Waals surface area contributed by atoms with E-state index in [4.69, 9.17) is 9.57 Å². The van der Waals surface area contributed by atoms with Gasteiger partial charge in [-0.2, -0.15) is 0 Å². The SMILES string of the molecule is C/C=C/C[C@@H](C)[C@@H](O)[C@H]1C(=O)N[C@@H](CC)C(=O)N(C)CC(=O)N(C)[C@@H]([C@@H](C)OCCC/C=N\OC)C(=O)N[C@@H](C(C)C)C(=O)N(C)[C@@H](CC(C)C)C(=O)N[C@@H](C)C(=O)N[C@H](C)C(=O)N(C)[C@@H](CC(C)C)C(=O)N(C)[C@H](CC(C)C)C(=O)N(C)[C@@H](C(C)C)C(=O)N1C. The summed E-state index contributed by atoms with van der Waals surface area (Å²) in [5.74, 6) is -10.2. The van der Waals surface area contributed by atoms with Gasteiger partial charge in [-0.1, -0.05) is 100 Å². The summed E-state index contributed by atoms with van der Waals surface area (Å²) < 4.78 is 6.15. The normalized spacial score (nSPS) is 26.3. The Kier molecular flexibility index (Phi) is 35.3. The molecular weight excluding hydrogens is 1170 g/mol. The standard InChI is InChI=1S/C65H116N12O14/c1-25-27-30-42(13)55(79)54-59(83)69-46(26-2)61(85)71(17)36-50(78)75(21)53(45(16)91-32-29-28-31-66-90-24)58(82)70-51(40(9)10)64(88)72(18)47(33-37(3)4)57(81)67-43(14)56(80)68-44(15)60(84)73(19)48(34-38(5)6)62(86)74(20)49(35-39(7)8)63(87)76(22)52(41(11)12)65(89)77(54)23/h25,27,31,37-49,51-55,79H,26,28-30,32-36H2,1-24H3,(H,67,81)(H,68,80)(H,69,83)(H,70,82)/b27-25+,66-31-/t42-,43+,44-,45-,46+,47+,48+,49-,51+,52+,53+,54+,55-/m1/s1. The molecule has 0 bridgehead atoms. The number of nitrogens with zero attached hydrogens (tertiary/aromatic N) is 8. The summed E-state index contributed by atoms with van der Waals surface area (Å²) >= 11 is 0. The Bertz CT molecular complexity index is 2490. The molecule has 0 spiro atoms. The Morgan fingerprint density at radius 3 is 1.53 bits per heavy atom. The molecule has 1 aliphatic rings.